The largest absolute Gasteiger partial charge is 0.350 e. The van der Waals surface area contributed by atoms with Gasteiger partial charge in [-0.15, -0.1) is 0 Å². The lowest BCUT2D eigenvalue weighted by Crippen LogP contribution is -2.30. The predicted octanol–water partition coefficient (Wildman–Crippen LogP) is 1.89. The van der Waals surface area contributed by atoms with Gasteiger partial charge in [0.05, 0.1) is 6.04 Å². The van der Waals surface area contributed by atoms with Crippen LogP contribution in [0.25, 0.3) is 0 Å². The van der Waals surface area contributed by atoms with Gasteiger partial charge in [0.15, 0.2) is 0 Å². The summed E-state index contributed by atoms with van der Waals surface area (Å²) in [7, 11) is 0. The fourth-order valence-electron chi connectivity index (χ4n) is 1.97. The van der Waals surface area contributed by atoms with Crippen LogP contribution in [0.4, 0.5) is 0 Å². The van der Waals surface area contributed by atoms with Crippen molar-refractivity contribution in [3.8, 4) is 0 Å². The van der Waals surface area contributed by atoms with Crippen LogP contribution in [-0.2, 0) is 0 Å². The molecule has 1 heterocycles. The first-order valence-electron chi connectivity index (χ1n) is 6.31. The van der Waals surface area contributed by atoms with E-state index in [1.54, 1.807) is 12.1 Å². The number of nitrogens with zero attached hydrogens (tertiary/aromatic N) is 3. The molecule has 0 saturated heterocycles. The van der Waals surface area contributed by atoms with Crippen LogP contribution < -0.4 is 5.32 Å². The Morgan fingerprint density at radius 2 is 2.00 bits per heavy atom. The van der Waals surface area contributed by atoms with E-state index in [0.29, 0.717) is 12.1 Å². The number of benzene rings is 1. The standard InChI is InChI=1S/C14H18N4O/c1-10(18-12(3)16-11(2)17-18)9-15-14(19)13-7-5-4-6-8-13/h4-8,10H,9H2,1-3H3,(H,15,19)/t10-/m0/s1. The maximum absolute atomic E-state index is 11.9. The minimum Gasteiger partial charge on any atom is -0.350 e. The van der Waals surface area contributed by atoms with Crippen molar-refractivity contribution in [2.75, 3.05) is 6.54 Å². The van der Waals surface area contributed by atoms with Gasteiger partial charge in [-0.05, 0) is 32.9 Å². The van der Waals surface area contributed by atoms with Gasteiger partial charge in [0.1, 0.15) is 11.6 Å². The number of carbonyl (C=O) groups excluding carboxylic acids is 1. The van der Waals surface area contributed by atoms with Gasteiger partial charge in [0.2, 0.25) is 0 Å². The van der Waals surface area contributed by atoms with E-state index in [4.69, 9.17) is 0 Å². The van der Waals surface area contributed by atoms with Crippen molar-refractivity contribution in [1.82, 2.24) is 20.1 Å². The van der Waals surface area contributed by atoms with Gasteiger partial charge in [-0.1, -0.05) is 18.2 Å². The smallest absolute Gasteiger partial charge is 0.251 e. The molecule has 0 aliphatic rings. The van der Waals surface area contributed by atoms with E-state index in [-0.39, 0.29) is 11.9 Å². The minimum absolute atomic E-state index is 0.0676. The van der Waals surface area contributed by atoms with E-state index in [0.717, 1.165) is 11.6 Å². The Morgan fingerprint density at radius 1 is 1.32 bits per heavy atom. The van der Waals surface area contributed by atoms with Crippen LogP contribution in [0.15, 0.2) is 30.3 Å². The Balaban J connectivity index is 1.96. The van der Waals surface area contributed by atoms with Crippen molar-refractivity contribution in [2.45, 2.75) is 26.8 Å². The van der Waals surface area contributed by atoms with Crippen LogP contribution >= 0.6 is 0 Å². The number of hydrogen-bond acceptors (Lipinski definition) is 3. The zero-order valence-corrected chi connectivity index (χ0v) is 11.4. The molecule has 0 aliphatic carbocycles. The van der Waals surface area contributed by atoms with Crippen LogP contribution in [-0.4, -0.2) is 27.2 Å². The Hall–Kier alpha value is -2.17. The van der Waals surface area contributed by atoms with E-state index < -0.39 is 0 Å². The van der Waals surface area contributed by atoms with Gasteiger partial charge >= 0.3 is 0 Å². The summed E-state index contributed by atoms with van der Waals surface area (Å²) in [6.45, 7) is 6.30. The van der Waals surface area contributed by atoms with Gasteiger partial charge in [0.25, 0.3) is 5.91 Å². The van der Waals surface area contributed by atoms with Crippen molar-refractivity contribution in [3.63, 3.8) is 0 Å². The molecule has 0 saturated carbocycles. The van der Waals surface area contributed by atoms with E-state index in [2.05, 4.69) is 15.4 Å². The van der Waals surface area contributed by atoms with Crippen LogP contribution in [0.5, 0.6) is 0 Å². The molecule has 100 valence electrons. The van der Waals surface area contributed by atoms with Crippen LogP contribution in [0.2, 0.25) is 0 Å². The molecule has 2 aromatic rings. The number of aromatic nitrogens is 3. The summed E-state index contributed by atoms with van der Waals surface area (Å²) < 4.78 is 1.83. The van der Waals surface area contributed by atoms with Crippen molar-refractivity contribution in [3.05, 3.63) is 47.5 Å². The average molecular weight is 258 g/mol. The minimum atomic E-state index is -0.0676. The second-order valence-corrected chi connectivity index (χ2v) is 4.58. The molecular weight excluding hydrogens is 240 g/mol. The lowest BCUT2D eigenvalue weighted by atomic mass is 10.2. The second kappa shape index (κ2) is 5.65. The fourth-order valence-corrected chi connectivity index (χ4v) is 1.97. The molecule has 0 spiro atoms. The molecule has 5 nitrogen and oxygen atoms in total. The third kappa shape index (κ3) is 3.19. The zero-order chi connectivity index (χ0) is 13.8. The number of amides is 1. The lowest BCUT2D eigenvalue weighted by Gasteiger charge is -2.14. The summed E-state index contributed by atoms with van der Waals surface area (Å²) in [5.41, 5.74) is 0.668. The molecule has 1 aromatic carbocycles. The number of carbonyl (C=O) groups is 1. The molecule has 0 bridgehead atoms. The quantitative estimate of drug-likeness (QED) is 0.911. The number of nitrogens with one attached hydrogen (secondary N) is 1. The molecule has 1 atom stereocenters. The van der Waals surface area contributed by atoms with Crippen molar-refractivity contribution in [2.24, 2.45) is 0 Å². The van der Waals surface area contributed by atoms with Crippen LogP contribution in [0.3, 0.4) is 0 Å². The van der Waals surface area contributed by atoms with Crippen molar-refractivity contribution in [1.29, 1.82) is 0 Å². The Morgan fingerprint density at radius 3 is 2.58 bits per heavy atom. The molecule has 0 fully saturated rings. The lowest BCUT2D eigenvalue weighted by molar-refractivity contribution is 0.0947. The van der Waals surface area contributed by atoms with Gasteiger partial charge < -0.3 is 5.32 Å². The predicted molar refractivity (Wildman–Crippen MR) is 73.0 cm³/mol. The average Bonchev–Trinajstić information content (AvgIpc) is 2.75. The number of rotatable bonds is 4. The normalized spacial score (nSPS) is 12.2. The first-order valence-corrected chi connectivity index (χ1v) is 6.31. The molecule has 1 N–H and O–H groups in total. The third-order valence-corrected chi connectivity index (χ3v) is 2.92. The summed E-state index contributed by atoms with van der Waals surface area (Å²) >= 11 is 0. The van der Waals surface area contributed by atoms with E-state index in [9.17, 15) is 4.79 Å². The maximum Gasteiger partial charge on any atom is 0.251 e. The monoisotopic (exact) mass is 258 g/mol. The van der Waals surface area contributed by atoms with Gasteiger partial charge in [0, 0.05) is 12.1 Å². The Bertz CT molecular complexity index is 562. The highest BCUT2D eigenvalue weighted by Gasteiger charge is 2.12. The maximum atomic E-state index is 11.9. The van der Waals surface area contributed by atoms with E-state index in [1.165, 1.54) is 0 Å². The molecular formula is C14H18N4O. The molecule has 2 rings (SSSR count). The molecule has 0 unspecified atom stereocenters. The van der Waals surface area contributed by atoms with Gasteiger partial charge in [-0.3, -0.25) is 4.79 Å². The molecule has 19 heavy (non-hydrogen) atoms. The first-order chi connectivity index (χ1) is 9.08. The SMILES string of the molecule is Cc1nc(C)n([C@@H](C)CNC(=O)c2ccccc2)n1. The first kappa shape index (κ1) is 13.3. The highest BCUT2D eigenvalue weighted by atomic mass is 16.1. The Kier molecular flexibility index (Phi) is 3.94. The van der Waals surface area contributed by atoms with Crippen LogP contribution in [0, 0.1) is 13.8 Å². The summed E-state index contributed by atoms with van der Waals surface area (Å²) in [5.74, 6) is 1.54. The molecule has 1 amide bonds. The van der Waals surface area contributed by atoms with E-state index in [1.807, 2.05) is 43.7 Å². The van der Waals surface area contributed by atoms with Crippen molar-refractivity contribution < 1.29 is 4.79 Å². The molecule has 1 aromatic heterocycles. The fraction of sp³-hybridized carbons (Fsp3) is 0.357. The summed E-state index contributed by atoms with van der Waals surface area (Å²) in [6.07, 6.45) is 0. The highest BCUT2D eigenvalue weighted by molar-refractivity contribution is 5.94. The second-order valence-electron chi connectivity index (χ2n) is 4.58. The summed E-state index contributed by atoms with van der Waals surface area (Å²) in [5, 5.41) is 7.22. The number of hydrogen-bond donors (Lipinski definition) is 1. The zero-order valence-electron chi connectivity index (χ0n) is 11.4. The van der Waals surface area contributed by atoms with Crippen LogP contribution in [0.1, 0.15) is 35.0 Å². The Labute approximate surface area is 112 Å². The topological polar surface area (TPSA) is 59.8 Å². The van der Waals surface area contributed by atoms with Crippen molar-refractivity contribution >= 4 is 5.91 Å². The molecule has 0 aliphatic heterocycles. The number of aryl methyl sites for hydroxylation is 2. The summed E-state index contributed by atoms with van der Waals surface area (Å²) in [6, 6.07) is 9.26. The van der Waals surface area contributed by atoms with E-state index >= 15 is 0 Å². The third-order valence-electron chi connectivity index (χ3n) is 2.92. The highest BCUT2D eigenvalue weighted by Crippen LogP contribution is 2.07. The molecule has 0 radical (unpaired) electrons. The van der Waals surface area contributed by atoms with Gasteiger partial charge in [-0.25, -0.2) is 9.67 Å². The molecule has 5 heteroatoms. The van der Waals surface area contributed by atoms with Gasteiger partial charge in [-0.2, -0.15) is 5.10 Å². The summed E-state index contributed by atoms with van der Waals surface area (Å²) in [4.78, 5) is 16.2.